The summed E-state index contributed by atoms with van der Waals surface area (Å²) < 4.78 is 11.8. The molecule has 0 saturated carbocycles. The van der Waals surface area contributed by atoms with E-state index in [9.17, 15) is 15.0 Å². The third-order valence-electron chi connectivity index (χ3n) is 3.87. The average Bonchev–Trinajstić information content (AvgIpc) is 2.51. The minimum absolute atomic E-state index is 0. The minimum Gasteiger partial charge on any atom is -0.473 e. The molecule has 4 N–H and O–H groups in total. The summed E-state index contributed by atoms with van der Waals surface area (Å²) in [4.78, 5) is 12.2. The number of carbonyl (C=O) groups excluding carboxylic acids is 1. The third kappa shape index (κ3) is 11.9. The summed E-state index contributed by atoms with van der Waals surface area (Å²) in [6, 6.07) is 4.91. The van der Waals surface area contributed by atoms with Crippen molar-refractivity contribution in [3.8, 4) is 11.5 Å². The van der Waals surface area contributed by atoms with Crippen LogP contribution in [0.2, 0.25) is 0 Å². The van der Waals surface area contributed by atoms with Crippen LogP contribution in [0.3, 0.4) is 0 Å². The van der Waals surface area contributed by atoms with Crippen LogP contribution in [-0.2, 0) is 0 Å². The van der Waals surface area contributed by atoms with Crippen molar-refractivity contribution in [3.63, 3.8) is 0 Å². The molecule has 1 aromatic rings. The Balaban J connectivity index is 0. The number of nitrogens with one attached hydrogen (secondary N) is 2. The normalized spacial score (nSPS) is 15.6. The Hall–Kier alpha value is -1.09. The lowest BCUT2D eigenvalue weighted by molar-refractivity contribution is 0.00877. The summed E-state index contributed by atoms with van der Waals surface area (Å²) in [7, 11) is 0. The highest BCUT2D eigenvalue weighted by atomic mass is 35.5. The highest BCUT2D eigenvalue weighted by molar-refractivity contribution is 5.97. The van der Waals surface area contributed by atoms with Gasteiger partial charge in [0.2, 0.25) is 0 Å². The zero-order valence-electron chi connectivity index (χ0n) is 20.0. The fourth-order valence-electron chi connectivity index (χ4n) is 2.59. The Morgan fingerprint density at radius 3 is 1.65 bits per heavy atom. The molecule has 0 spiro atoms. The predicted molar refractivity (Wildman–Crippen MR) is 129 cm³/mol. The fourth-order valence-corrected chi connectivity index (χ4v) is 2.59. The lowest BCUT2D eigenvalue weighted by Crippen LogP contribution is -2.52. The average molecular weight is 483 g/mol. The van der Waals surface area contributed by atoms with Gasteiger partial charge in [0, 0.05) is 11.1 Å². The van der Waals surface area contributed by atoms with Gasteiger partial charge in [0.25, 0.3) is 0 Å². The van der Waals surface area contributed by atoms with Gasteiger partial charge in [-0.2, -0.15) is 0 Å². The van der Waals surface area contributed by atoms with Crippen LogP contribution >= 0.6 is 24.8 Å². The Morgan fingerprint density at radius 2 is 1.29 bits per heavy atom. The number of halogens is 2. The molecular weight excluding hydrogens is 443 g/mol. The van der Waals surface area contributed by atoms with Gasteiger partial charge in [-0.05, 0) is 80.5 Å². The van der Waals surface area contributed by atoms with Crippen LogP contribution < -0.4 is 20.1 Å². The number of ether oxygens (including phenoxy) is 2. The number of benzene rings is 1. The number of hydrogen-bond acceptors (Lipinski definition) is 7. The zero-order valence-corrected chi connectivity index (χ0v) is 21.6. The molecule has 0 aliphatic rings. The quantitative estimate of drug-likeness (QED) is 0.314. The van der Waals surface area contributed by atoms with Gasteiger partial charge in [0.15, 0.2) is 18.2 Å². The van der Waals surface area contributed by atoms with E-state index in [2.05, 4.69) is 10.6 Å². The second-order valence-electron chi connectivity index (χ2n) is 9.56. The van der Waals surface area contributed by atoms with Crippen LogP contribution in [-0.4, -0.2) is 51.7 Å². The number of aliphatic hydroxyl groups is 2. The fraction of sp³-hybridized carbons (Fsp3) is 0.682. The SMILES string of the molecule is CC(=O)c1cc(OC(NC(C)(C)C)C(C)O)ccc1OC(NC(C)(C)C)C(C)O.Cl.Cl. The summed E-state index contributed by atoms with van der Waals surface area (Å²) in [5.41, 5.74) is -0.217. The highest BCUT2D eigenvalue weighted by Gasteiger charge is 2.26. The second kappa shape index (κ2) is 12.8. The Labute approximate surface area is 199 Å². The van der Waals surface area contributed by atoms with Crippen molar-refractivity contribution >= 4 is 30.6 Å². The van der Waals surface area contributed by atoms with E-state index in [1.807, 2.05) is 41.5 Å². The van der Waals surface area contributed by atoms with Gasteiger partial charge < -0.3 is 19.7 Å². The summed E-state index contributed by atoms with van der Waals surface area (Å²) in [6.45, 7) is 16.5. The maximum Gasteiger partial charge on any atom is 0.176 e. The Bertz CT molecular complexity index is 685. The molecule has 31 heavy (non-hydrogen) atoms. The van der Waals surface area contributed by atoms with Crippen LogP contribution in [0.25, 0.3) is 0 Å². The molecule has 0 amide bonds. The summed E-state index contributed by atoms with van der Waals surface area (Å²) in [6.07, 6.45) is -2.89. The first-order valence-corrected chi connectivity index (χ1v) is 9.99. The van der Waals surface area contributed by atoms with Crippen LogP contribution in [0.5, 0.6) is 11.5 Å². The molecule has 0 radical (unpaired) electrons. The first-order valence-electron chi connectivity index (χ1n) is 9.99. The molecule has 9 heteroatoms. The predicted octanol–water partition coefficient (Wildman–Crippen LogP) is 3.68. The molecule has 0 bridgehead atoms. The lowest BCUT2D eigenvalue weighted by Gasteiger charge is -2.32. The Morgan fingerprint density at radius 1 is 0.871 bits per heavy atom. The molecular formula is C22H40Cl2N2O5. The van der Waals surface area contributed by atoms with E-state index in [4.69, 9.17) is 9.47 Å². The van der Waals surface area contributed by atoms with Gasteiger partial charge in [-0.25, -0.2) is 0 Å². The molecule has 0 heterocycles. The number of rotatable bonds is 9. The smallest absolute Gasteiger partial charge is 0.176 e. The van der Waals surface area contributed by atoms with Crippen LogP contribution in [0, 0.1) is 0 Å². The molecule has 7 nitrogen and oxygen atoms in total. The Kier molecular flexibility index (Phi) is 13.3. The van der Waals surface area contributed by atoms with E-state index in [1.165, 1.54) is 6.92 Å². The minimum atomic E-state index is -0.791. The maximum atomic E-state index is 12.2. The molecule has 0 aromatic heterocycles. The number of aliphatic hydroxyl groups excluding tert-OH is 2. The van der Waals surface area contributed by atoms with Crippen LogP contribution in [0.4, 0.5) is 0 Å². The molecule has 1 aromatic carbocycles. The number of hydrogen-bond donors (Lipinski definition) is 4. The van der Waals surface area contributed by atoms with Gasteiger partial charge >= 0.3 is 0 Å². The summed E-state index contributed by atoms with van der Waals surface area (Å²) in [5, 5.41) is 26.5. The monoisotopic (exact) mass is 482 g/mol. The zero-order chi connectivity index (χ0) is 22.6. The molecule has 1 rings (SSSR count). The van der Waals surface area contributed by atoms with Gasteiger partial charge in [-0.1, -0.05) is 0 Å². The standard InChI is InChI=1S/C22H38N2O5.2ClH/c1-13(25)17-12-16(28-19(14(2)26)23-21(4,5)6)10-11-18(17)29-20(15(3)27)24-22(7,8)9;;/h10-12,14-15,19-20,23-24,26-27H,1-9H3;2*1H. The molecule has 4 unspecified atom stereocenters. The van der Waals surface area contributed by atoms with Gasteiger partial charge in [-0.15, -0.1) is 24.8 Å². The highest BCUT2D eigenvalue weighted by Crippen LogP contribution is 2.27. The lowest BCUT2D eigenvalue weighted by atomic mass is 10.1. The first-order chi connectivity index (χ1) is 13.1. The largest absolute Gasteiger partial charge is 0.473 e. The van der Waals surface area contributed by atoms with Crippen molar-refractivity contribution in [3.05, 3.63) is 23.8 Å². The third-order valence-corrected chi connectivity index (χ3v) is 3.87. The molecule has 0 aliphatic carbocycles. The van der Waals surface area contributed by atoms with Crippen molar-refractivity contribution in [2.45, 2.75) is 98.1 Å². The van der Waals surface area contributed by atoms with Crippen molar-refractivity contribution < 1.29 is 24.5 Å². The van der Waals surface area contributed by atoms with E-state index in [0.717, 1.165) is 0 Å². The first kappa shape index (κ1) is 32.1. The van der Waals surface area contributed by atoms with Crippen molar-refractivity contribution in [1.82, 2.24) is 10.6 Å². The number of ketones is 1. The van der Waals surface area contributed by atoms with Crippen molar-refractivity contribution in [1.29, 1.82) is 0 Å². The summed E-state index contributed by atoms with van der Waals surface area (Å²) >= 11 is 0. The van der Waals surface area contributed by atoms with Crippen molar-refractivity contribution in [2.24, 2.45) is 0 Å². The van der Waals surface area contributed by atoms with E-state index in [0.29, 0.717) is 17.1 Å². The van der Waals surface area contributed by atoms with E-state index in [1.54, 1.807) is 32.0 Å². The van der Waals surface area contributed by atoms with Crippen molar-refractivity contribution in [2.75, 3.05) is 0 Å². The van der Waals surface area contributed by atoms with Gasteiger partial charge in [0.05, 0.1) is 5.56 Å². The second-order valence-corrected chi connectivity index (χ2v) is 9.56. The molecule has 0 saturated heterocycles. The number of Topliss-reactive ketones (excluding diaryl/α,β-unsaturated/α-hetero) is 1. The van der Waals surface area contributed by atoms with Crippen LogP contribution in [0.15, 0.2) is 18.2 Å². The van der Waals surface area contributed by atoms with E-state index in [-0.39, 0.29) is 41.7 Å². The molecule has 4 atom stereocenters. The molecule has 0 fully saturated rings. The topological polar surface area (TPSA) is 100 Å². The maximum absolute atomic E-state index is 12.2. The van der Waals surface area contributed by atoms with Crippen LogP contribution in [0.1, 0.15) is 72.7 Å². The van der Waals surface area contributed by atoms with E-state index >= 15 is 0 Å². The number of carbonyl (C=O) groups is 1. The van der Waals surface area contributed by atoms with Gasteiger partial charge in [0.1, 0.15) is 23.7 Å². The van der Waals surface area contributed by atoms with Gasteiger partial charge in [-0.3, -0.25) is 15.4 Å². The molecule has 182 valence electrons. The summed E-state index contributed by atoms with van der Waals surface area (Å²) in [5.74, 6) is 0.593. The van der Waals surface area contributed by atoms with E-state index < -0.39 is 24.7 Å². The molecule has 0 aliphatic heterocycles.